The van der Waals surface area contributed by atoms with Gasteiger partial charge in [-0.1, -0.05) is 36.4 Å². The Bertz CT molecular complexity index is 793. The van der Waals surface area contributed by atoms with Crippen LogP contribution in [0.1, 0.15) is 39.9 Å². The van der Waals surface area contributed by atoms with E-state index < -0.39 is 0 Å². The summed E-state index contributed by atoms with van der Waals surface area (Å²) in [6.07, 6.45) is 3.11. The predicted molar refractivity (Wildman–Crippen MR) is 108 cm³/mol. The Hall–Kier alpha value is -2.62. The van der Waals surface area contributed by atoms with Crippen LogP contribution in [0, 0.1) is 19.8 Å². The first kappa shape index (κ1) is 19.2. The summed E-state index contributed by atoms with van der Waals surface area (Å²) in [4.78, 5) is 26.6. The van der Waals surface area contributed by atoms with Gasteiger partial charge in [-0.3, -0.25) is 9.59 Å². The lowest BCUT2D eigenvalue weighted by molar-refractivity contribution is -0.131. The van der Waals surface area contributed by atoms with Crippen LogP contribution < -0.4 is 5.32 Å². The predicted octanol–water partition coefficient (Wildman–Crippen LogP) is 3.51. The van der Waals surface area contributed by atoms with E-state index in [0.717, 1.165) is 43.5 Å². The number of rotatable bonds is 5. The zero-order valence-corrected chi connectivity index (χ0v) is 16.2. The van der Waals surface area contributed by atoms with Gasteiger partial charge >= 0.3 is 0 Å². The Labute approximate surface area is 161 Å². The SMILES string of the molecule is Cc1ccc(C(=O)NCC(=O)N2CCC(Cc3ccccc3)CC2)cc1C. The highest BCUT2D eigenvalue weighted by atomic mass is 16.2. The standard InChI is InChI=1S/C23H28N2O2/c1-17-8-9-21(14-18(17)2)23(27)24-16-22(26)25-12-10-20(11-13-25)15-19-6-4-3-5-7-19/h3-9,14,20H,10-13,15-16H2,1-2H3,(H,24,27). The van der Waals surface area contributed by atoms with Crippen LogP contribution in [0.3, 0.4) is 0 Å². The van der Waals surface area contributed by atoms with Crippen molar-refractivity contribution in [3.05, 3.63) is 70.8 Å². The summed E-state index contributed by atoms with van der Waals surface area (Å²) in [5.41, 5.74) is 4.20. The Kier molecular flexibility index (Phi) is 6.28. The molecular formula is C23H28N2O2. The summed E-state index contributed by atoms with van der Waals surface area (Å²) in [5.74, 6) is 0.442. The van der Waals surface area contributed by atoms with Crippen LogP contribution in [0.25, 0.3) is 0 Å². The molecular weight excluding hydrogens is 336 g/mol. The van der Waals surface area contributed by atoms with Gasteiger partial charge in [0.25, 0.3) is 5.91 Å². The van der Waals surface area contributed by atoms with Crippen LogP contribution in [0.2, 0.25) is 0 Å². The highest BCUT2D eigenvalue weighted by Crippen LogP contribution is 2.21. The van der Waals surface area contributed by atoms with Crippen LogP contribution in [0.4, 0.5) is 0 Å². The summed E-state index contributed by atoms with van der Waals surface area (Å²) < 4.78 is 0. The first-order chi connectivity index (χ1) is 13.0. The minimum absolute atomic E-state index is 0.00495. The summed E-state index contributed by atoms with van der Waals surface area (Å²) in [7, 11) is 0. The zero-order valence-electron chi connectivity index (χ0n) is 16.2. The molecule has 0 bridgehead atoms. The summed E-state index contributed by atoms with van der Waals surface area (Å²) >= 11 is 0. The van der Waals surface area contributed by atoms with Gasteiger partial charge in [-0.2, -0.15) is 0 Å². The number of amides is 2. The van der Waals surface area contributed by atoms with Gasteiger partial charge in [-0.25, -0.2) is 0 Å². The molecule has 3 rings (SSSR count). The highest BCUT2D eigenvalue weighted by Gasteiger charge is 2.23. The largest absolute Gasteiger partial charge is 0.343 e. The molecule has 1 aliphatic rings. The quantitative estimate of drug-likeness (QED) is 0.883. The molecule has 0 aromatic heterocycles. The van der Waals surface area contributed by atoms with Crippen LogP contribution >= 0.6 is 0 Å². The topological polar surface area (TPSA) is 49.4 Å². The fourth-order valence-electron chi connectivity index (χ4n) is 3.59. The minimum atomic E-state index is -0.189. The molecule has 27 heavy (non-hydrogen) atoms. The van der Waals surface area contributed by atoms with Crippen molar-refractivity contribution in [3.63, 3.8) is 0 Å². The van der Waals surface area contributed by atoms with Crippen molar-refractivity contribution in [2.45, 2.75) is 33.1 Å². The molecule has 0 saturated carbocycles. The lowest BCUT2D eigenvalue weighted by Gasteiger charge is -2.32. The second-order valence-electron chi connectivity index (χ2n) is 7.50. The average molecular weight is 364 g/mol. The van der Waals surface area contributed by atoms with Gasteiger partial charge < -0.3 is 10.2 Å². The van der Waals surface area contributed by atoms with E-state index in [1.54, 1.807) is 6.07 Å². The normalized spacial score (nSPS) is 14.8. The van der Waals surface area contributed by atoms with Crippen LogP contribution in [0.5, 0.6) is 0 Å². The van der Waals surface area contributed by atoms with Crippen molar-refractivity contribution >= 4 is 11.8 Å². The van der Waals surface area contributed by atoms with E-state index in [1.165, 1.54) is 5.56 Å². The molecule has 0 unspecified atom stereocenters. The number of nitrogens with one attached hydrogen (secondary N) is 1. The molecule has 2 aromatic rings. The van der Waals surface area contributed by atoms with Gasteiger partial charge in [-0.05, 0) is 67.9 Å². The van der Waals surface area contributed by atoms with Crippen molar-refractivity contribution in [2.24, 2.45) is 5.92 Å². The Morgan fingerprint density at radius 2 is 1.70 bits per heavy atom. The summed E-state index contributed by atoms with van der Waals surface area (Å²) in [6.45, 7) is 5.61. The van der Waals surface area contributed by atoms with E-state index in [0.29, 0.717) is 11.5 Å². The Morgan fingerprint density at radius 3 is 2.37 bits per heavy atom. The molecule has 1 heterocycles. The molecule has 0 radical (unpaired) electrons. The number of hydrogen-bond acceptors (Lipinski definition) is 2. The van der Waals surface area contributed by atoms with E-state index >= 15 is 0 Å². The van der Waals surface area contributed by atoms with E-state index in [2.05, 4.69) is 29.6 Å². The van der Waals surface area contributed by atoms with Crippen molar-refractivity contribution in [1.29, 1.82) is 0 Å². The molecule has 1 N–H and O–H groups in total. The van der Waals surface area contributed by atoms with Gasteiger partial charge in [0, 0.05) is 18.7 Å². The maximum atomic E-state index is 12.4. The monoisotopic (exact) mass is 364 g/mol. The Balaban J connectivity index is 1.44. The maximum Gasteiger partial charge on any atom is 0.251 e. The number of nitrogens with zero attached hydrogens (tertiary/aromatic N) is 1. The third-order valence-electron chi connectivity index (χ3n) is 5.50. The molecule has 2 amide bonds. The highest BCUT2D eigenvalue weighted by molar-refractivity contribution is 5.96. The van der Waals surface area contributed by atoms with Gasteiger partial charge in [0.1, 0.15) is 0 Å². The second kappa shape index (κ2) is 8.85. The number of hydrogen-bond donors (Lipinski definition) is 1. The van der Waals surface area contributed by atoms with Gasteiger partial charge in [-0.15, -0.1) is 0 Å². The van der Waals surface area contributed by atoms with Crippen molar-refractivity contribution < 1.29 is 9.59 Å². The van der Waals surface area contributed by atoms with E-state index in [9.17, 15) is 9.59 Å². The van der Waals surface area contributed by atoms with Crippen LogP contribution in [-0.2, 0) is 11.2 Å². The number of piperidine rings is 1. The zero-order chi connectivity index (χ0) is 19.2. The number of benzene rings is 2. The van der Waals surface area contributed by atoms with E-state index in [-0.39, 0.29) is 18.4 Å². The number of aryl methyl sites for hydroxylation is 2. The maximum absolute atomic E-state index is 12.4. The van der Waals surface area contributed by atoms with Crippen molar-refractivity contribution in [3.8, 4) is 0 Å². The minimum Gasteiger partial charge on any atom is -0.343 e. The molecule has 1 aliphatic heterocycles. The molecule has 1 saturated heterocycles. The fourth-order valence-corrected chi connectivity index (χ4v) is 3.59. The smallest absolute Gasteiger partial charge is 0.251 e. The number of carbonyl (C=O) groups is 2. The Morgan fingerprint density at radius 1 is 1.00 bits per heavy atom. The van der Waals surface area contributed by atoms with Gasteiger partial charge in [0.15, 0.2) is 0 Å². The van der Waals surface area contributed by atoms with Crippen molar-refractivity contribution in [2.75, 3.05) is 19.6 Å². The van der Waals surface area contributed by atoms with Gasteiger partial charge in [0.2, 0.25) is 5.91 Å². The molecule has 0 spiro atoms. The van der Waals surface area contributed by atoms with E-state index in [4.69, 9.17) is 0 Å². The molecule has 0 atom stereocenters. The average Bonchev–Trinajstić information content (AvgIpc) is 2.69. The molecule has 142 valence electrons. The lowest BCUT2D eigenvalue weighted by atomic mass is 9.90. The molecule has 1 fully saturated rings. The molecule has 0 aliphatic carbocycles. The van der Waals surface area contributed by atoms with Gasteiger partial charge in [0.05, 0.1) is 6.54 Å². The number of carbonyl (C=O) groups excluding carboxylic acids is 2. The van der Waals surface area contributed by atoms with Crippen LogP contribution in [-0.4, -0.2) is 36.3 Å². The lowest BCUT2D eigenvalue weighted by Crippen LogP contribution is -2.44. The molecule has 4 nitrogen and oxygen atoms in total. The van der Waals surface area contributed by atoms with Crippen LogP contribution in [0.15, 0.2) is 48.5 Å². The summed E-state index contributed by atoms with van der Waals surface area (Å²) in [6, 6.07) is 16.1. The molecule has 2 aromatic carbocycles. The fraction of sp³-hybridized carbons (Fsp3) is 0.391. The molecule has 4 heteroatoms. The first-order valence-electron chi connectivity index (χ1n) is 9.70. The van der Waals surface area contributed by atoms with Crippen molar-refractivity contribution in [1.82, 2.24) is 10.2 Å². The third-order valence-corrected chi connectivity index (χ3v) is 5.50. The summed E-state index contributed by atoms with van der Waals surface area (Å²) in [5, 5.41) is 2.76. The first-order valence-corrected chi connectivity index (χ1v) is 9.70. The van der Waals surface area contributed by atoms with E-state index in [1.807, 2.05) is 36.9 Å². The number of likely N-dealkylation sites (tertiary alicyclic amines) is 1. The second-order valence-corrected chi connectivity index (χ2v) is 7.50. The third kappa shape index (κ3) is 5.19.